The number of anilines is 2. The molecular formula is C25H24F2N4O4S. The molecule has 2 aliphatic heterocycles. The number of aromatic nitrogens is 1. The van der Waals surface area contributed by atoms with Crippen molar-refractivity contribution in [3.63, 3.8) is 0 Å². The van der Waals surface area contributed by atoms with Crippen LogP contribution in [-0.4, -0.2) is 67.0 Å². The Bertz CT molecular complexity index is 1290. The van der Waals surface area contributed by atoms with Crippen molar-refractivity contribution in [3.8, 4) is 0 Å². The maximum absolute atomic E-state index is 14.3. The van der Waals surface area contributed by atoms with Crippen LogP contribution in [0.2, 0.25) is 0 Å². The second-order valence-corrected chi connectivity index (χ2v) is 9.67. The number of imide groups is 1. The largest absolute Gasteiger partial charge is 0.379 e. The Kier molecular flexibility index (Phi) is 7.04. The summed E-state index contributed by atoms with van der Waals surface area (Å²) >= 11 is 1.05. The van der Waals surface area contributed by atoms with Gasteiger partial charge in [-0.1, -0.05) is 11.3 Å². The van der Waals surface area contributed by atoms with Crippen LogP contribution in [0.1, 0.15) is 29.6 Å². The van der Waals surface area contributed by atoms with Gasteiger partial charge in [-0.3, -0.25) is 29.1 Å². The molecule has 3 amide bonds. The third-order valence-corrected chi connectivity index (χ3v) is 7.29. The lowest BCUT2D eigenvalue weighted by atomic mass is 10.1. The molecule has 0 unspecified atom stereocenters. The first kappa shape index (κ1) is 24.4. The standard InChI is InChI=1S/C25H24F2N4O4S/c26-17-14-19(27)23-20(15-17)36-25(28-23)30(9-1-8-29-10-12-35-13-11-29)24(34)16-2-4-18(5-3-16)31-21(32)6-7-22(31)33/h2-5,14-15H,1,6-13H2. The van der Waals surface area contributed by atoms with Crippen LogP contribution in [0.15, 0.2) is 36.4 Å². The van der Waals surface area contributed by atoms with Crippen molar-refractivity contribution in [2.45, 2.75) is 19.3 Å². The van der Waals surface area contributed by atoms with Gasteiger partial charge in [-0.15, -0.1) is 0 Å². The summed E-state index contributed by atoms with van der Waals surface area (Å²) in [6, 6.07) is 8.21. The number of benzene rings is 2. The zero-order valence-corrected chi connectivity index (χ0v) is 20.2. The van der Waals surface area contributed by atoms with E-state index in [0.29, 0.717) is 42.1 Å². The van der Waals surface area contributed by atoms with Gasteiger partial charge in [0.25, 0.3) is 5.91 Å². The quantitative estimate of drug-likeness (QED) is 0.448. The molecule has 36 heavy (non-hydrogen) atoms. The van der Waals surface area contributed by atoms with Gasteiger partial charge >= 0.3 is 0 Å². The summed E-state index contributed by atoms with van der Waals surface area (Å²) in [7, 11) is 0. The van der Waals surface area contributed by atoms with E-state index in [1.165, 1.54) is 11.0 Å². The van der Waals surface area contributed by atoms with Gasteiger partial charge in [0.05, 0.1) is 23.6 Å². The monoisotopic (exact) mass is 514 g/mol. The number of hydrogen-bond acceptors (Lipinski definition) is 7. The van der Waals surface area contributed by atoms with Gasteiger partial charge in [-0.2, -0.15) is 0 Å². The molecular weight excluding hydrogens is 490 g/mol. The predicted molar refractivity (Wildman–Crippen MR) is 131 cm³/mol. The van der Waals surface area contributed by atoms with E-state index in [2.05, 4.69) is 9.88 Å². The van der Waals surface area contributed by atoms with Crippen molar-refractivity contribution < 1.29 is 27.9 Å². The van der Waals surface area contributed by atoms with Crippen LogP contribution in [0.25, 0.3) is 10.2 Å². The highest BCUT2D eigenvalue weighted by molar-refractivity contribution is 7.22. The van der Waals surface area contributed by atoms with Gasteiger partial charge in [-0.25, -0.2) is 13.8 Å². The highest BCUT2D eigenvalue weighted by Gasteiger charge is 2.30. The first-order chi connectivity index (χ1) is 17.4. The molecule has 1 aromatic heterocycles. The lowest BCUT2D eigenvalue weighted by molar-refractivity contribution is -0.121. The number of fused-ring (bicyclic) bond motifs is 1. The molecule has 0 radical (unpaired) electrons. The summed E-state index contributed by atoms with van der Waals surface area (Å²) in [5.74, 6) is -2.39. The molecule has 0 bridgehead atoms. The molecule has 2 fully saturated rings. The lowest BCUT2D eigenvalue weighted by Gasteiger charge is -2.27. The summed E-state index contributed by atoms with van der Waals surface area (Å²) in [4.78, 5) is 46.8. The molecule has 2 aliphatic rings. The third kappa shape index (κ3) is 4.99. The van der Waals surface area contributed by atoms with Crippen LogP contribution in [0.3, 0.4) is 0 Å². The molecule has 11 heteroatoms. The van der Waals surface area contributed by atoms with Crippen LogP contribution in [-0.2, 0) is 14.3 Å². The second kappa shape index (κ2) is 10.4. The zero-order chi connectivity index (χ0) is 25.2. The lowest BCUT2D eigenvalue weighted by Crippen LogP contribution is -2.39. The zero-order valence-electron chi connectivity index (χ0n) is 19.4. The number of nitrogens with zero attached hydrogens (tertiary/aromatic N) is 4. The maximum Gasteiger partial charge on any atom is 0.260 e. The number of hydrogen-bond donors (Lipinski definition) is 0. The molecule has 8 nitrogen and oxygen atoms in total. The van der Waals surface area contributed by atoms with Crippen molar-refractivity contribution in [1.82, 2.24) is 9.88 Å². The van der Waals surface area contributed by atoms with Gasteiger partial charge in [0.1, 0.15) is 11.3 Å². The second-order valence-electron chi connectivity index (χ2n) is 8.66. The van der Waals surface area contributed by atoms with E-state index in [9.17, 15) is 23.2 Å². The Hall–Kier alpha value is -3.28. The third-order valence-electron chi connectivity index (χ3n) is 6.26. The van der Waals surface area contributed by atoms with Gasteiger partial charge in [0.2, 0.25) is 11.8 Å². The minimum Gasteiger partial charge on any atom is -0.379 e. The number of carbonyl (C=O) groups excluding carboxylic acids is 3. The van der Waals surface area contributed by atoms with Crippen LogP contribution in [0.5, 0.6) is 0 Å². The predicted octanol–water partition coefficient (Wildman–Crippen LogP) is 3.60. The van der Waals surface area contributed by atoms with E-state index in [0.717, 1.165) is 41.9 Å². The molecule has 3 aromatic rings. The fourth-order valence-corrected chi connectivity index (χ4v) is 5.43. The summed E-state index contributed by atoms with van der Waals surface area (Å²) in [6.07, 6.45) is 0.990. The Balaban J connectivity index is 1.40. The number of thiazole rings is 1. The molecule has 3 heterocycles. The smallest absolute Gasteiger partial charge is 0.260 e. The Labute approximate surface area is 210 Å². The fourth-order valence-electron chi connectivity index (χ4n) is 4.40. The minimum absolute atomic E-state index is 0.0174. The Morgan fingerprint density at radius 1 is 1.06 bits per heavy atom. The highest BCUT2D eigenvalue weighted by Crippen LogP contribution is 2.32. The average molecular weight is 515 g/mol. The van der Waals surface area contributed by atoms with E-state index in [1.807, 2.05) is 0 Å². The first-order valence-corrected chi connectivity index (χ1v) is 12.6. The van der Waals surface area contributed by atoms with Crippen molar-refractivity contribution in [3.05, 3.63) is 53.6 Å². The molecule has 188 valence electrons. The highest BCUT2D eigenvalue weighted by atomic mass is 32.1. The Morgan fingerprint density at radius 2 is 1.75 bits per heavy atom. The normalized spacial score (nSPS) is 16.8. The number of morpholine rings is 1. The summed E-state index contributed by atoms with van der Waals surface area (Å²) in [5.41, 5.74) is 0.759. The topological polar surface area (TPSA) is 83.1 Å². The molecule has 0 atom stereocenters. The summed E-state index contributed by atoms with van der Waals surface area (Å²) in [5, 5.41) is 0.274. The maximum atomic E-state index is 14.3. The first-order valence-electron chi connectivity index (χ1n) is 11.7. The van der Waals surface area contributed by atoms with E-state index in [-0.39, 0.29) is 41.2 Å². The minimum atomic E-state index is -0.780. The van der Waals surface area contributed by atoms with E-state index in [1.54, 1.807) is 24.3 Å². The number of rotatable bonds is 7. The van der Waals surface area contributed by atoms with Crippen molar-refractivity contribution >= 4 is 50.1 Å². The summed E-state index contributed by atoms with van der Waals surface area (Å²) < 4.78 is 33.8. The fraction of sp³-hybridized carbons (Fsp3) is 0.360. The molecule has 2 saturated heterocycles. The van der Waals surface area contributed by atoms with E-state index < -0.39 is 11.6 Å². The van der Waals surface area contributed by atoms with Crippen LogP contribution < -0.4 is 9.80 Å². The van der Waals surface area contributed by atoms with Gasteiger partial charge in [0, 0.05) is 50.7 Å². The number of amides is 3. The van der Waals surface area contributed by atoms with Crippen LogP contribution in [0, 0.1) is 11.6 Å². The van der Waals surface area contributed by atoms with Gasteiger partial charge in [-0.05, 0) is 36.8 Å². The van der Waals surface area contributed by atoms with Crippen molar-refractivity contribution in [2.75, 3.05) is 49.2 Å². The van der Waals surface area contributed by atoms with Gasteiger partial charge in [0.15, 0.2) is 10.9 Å². The molecule has 0 aliphatic carbocycles. The van der Waals surface area contributed by atoms with E-state index >= 15 is 0 Å². The SMILES string of the molecule is O=C(c1ccc(N2C(=O)CCC2=O)cc1)N(CCCN1CCOCC1)c1nc2c(F)cc(F)cc2s1. The number of carbonyl (C=O) groups is 3. The van der Waals surface area contributed by atoms with Crippen LogP contribution >= 0.6 is 11.3 Å². The summed E-state index contributed by atoms with van der Waals surface area (Å²) in [6.45, 7) is 4.04. The van der Waals surface area contributed by atoms with Crippen LogP contribution in [0.4, 0.5) is 19.6 Å². The average Bonchev–Trinajstić information content (AvgIpc) is 3.45. The Morgan fingerprint density at radius 3 is 2.44 bits per heavy atom. The number of halogens is 2. The van der Waals surface area contributed by atoms with E-state index in [4.69, 9.17) is 4.74 Å². The van der Waals surface area contributed by atoms with Crippen molar-refractivity contribution in [1.29, 1.82) is 0 Å². The molecule has 0 N–H and O–H groups in total. The van der Waals surface area contributed by atoms with Crippen molar-refractivity contribution in [2.24, 2.45) is 0 Å². The molecule has 0 spiro atoms. The molecule has 0 saturated carbocycles. The molecule has 5 rings (SSSR count). The number of ether oxygens (including phenoxy) is 1. The van der Waals surface area contributed by atoms with Gasteiger partial charge < -0.3 is 4.74 Å². The molecule has 2 aromatic carbocycles.